The van der Waals surface area contributed by atoms with Gasteiger partial charge in [0.05, 0.1) is 18.3 Å². The first kappa shape index (κ1) is 22.8. The Kier molecular flexibility index (Phi) is 9.45. The maximum Gasteiger partial charge on any atom is 0.191 e. The summed E-state index contributed by atoms with van der Waals surface area (Å²) in [6.07, 6.45) is 0. The minimum atomic E-state index is -0.221. The number of likely N-dealkylation sites (N-methyl/N-ethyl adjacent to an activating group) is 1. The molecule has 0 radical (unpaired) electrons. The van der Waals surface area contributed by atoms with Crippen LogP contribution in [-0.4, -0.2) is 43.5 Å². The number of guanidine groups is 1. The lowest BCUT2D eigenvalue weighted by Crippen LogP contribution is -2.41. The van der Waals surface area contributed by atoms with Gasteiger partial charge >= 0.3 is 0 Å². The van der Waals surface area contributed by atoms with Crippen molar-refractivity contribution in [2.45, 2.75) is 26.4 Å². The van der Waals surface area contributed by atoms with Gasteiger partial charge < -0.3 is 15.5 Å². The van der Waals surface area contributed by atoms with Crippen molar-refractivity contribution in [3.63, 3.8) is 0 Å². The van der Waals surface area contributed by atoms with Gasteiger partial charge in [0.25, 0.3) is 0 Å². The second-order valence-electron chi connectivity index (χ2n) is 6.09. The number of benzene rings is 1. The molecule has 8 heteroatoms. The van der Waals surface area contributed by atoms with Gasteiger partial charge in [-0.2, -0.15) is 0 Å². The Morgan fingerprint density at radius 3 is 2.58 bits per heavy atom. The van der Waals surface area contributed by atoms with E-state index in [-0.39, 0.29) is 35.8 Å². The van der Waals surface area contributed by atoms with E-state index in [2.05, 4.69) is 32.4 Å². The van der Waals surface area contributed by atoms with Crippen molar-refractivity contribution in [2.24, 2.45) is 4.99 Å². The molecule has 1 atom stereocenters. The van der Waals surface area contributed by atoms with Crippen LogP contribution >= 0.6 is 35.3 Å². The third kappa shape index (κ3) is 6.48. The molecule has 1 unspecified atom stereocenters. The Balaban J connectivity index is 0.00000338. The molecule has 144 valence electrons. The molecule has 2 N–H and O–H groups in total. The standard InChI is InChI=1S/C18H26FN5S.HI/c1-12-13(2)25-17(23-12)11-22-18(20-3)21-10-16(24(4)5)14-7-6-8-15(19)9-14;/h6-9,16H,10-11H2,1-5H3,(H2,20,21,22);1H. The highest BCUT2D eigenvalue weighted by Crippen LogP contribution is 2.18. The lowest BCUT2D eigenvalue weighted by atomic mass is 10.1. The number of nitrogens with one attached hydrogen (secondary N) is 2. The van der Waals surface area contributed by atoms with Crippen LogP contribution in [-0.2, 0) is 6.54 Å². The van der Waals surface area contributed by atoms with Crippen molar-refractivity contribution in [3.8, 4) is 0 Å². The highest BCUT2D eigenvalue weighted by molar-refractivity contribution is 14.0. The molecule has 26 heavy (non-hydrogen) atoms. The first-order valence-electron chi connectivity index (χ1n) is 8.20. The molecular formula is C18H27FIN5S. The number of hydrogen-bond acceptors (Lipinski definition) is 4. The minimum absolute atomic E-state index is 0. The van der Waals surface area contributed by atoms with Crippen molar-refractivity contribution in [1.29, 1.82) is 0 Å². The molecule has 0 spiro atoms. The fourth-order valence-corrected chi connectivity index (χ4v) is 3.37. The third-order valence-electron chi connectivity index (χ3n) is 4.02. The summed E-state index contributed by atoms with van der Waals surface area (Å²) < 4.78 is 13.5. The number of aryl methyl sites for hydroxylation is 2. The van der Waals surface area contributed by atoms with Crippen molar-refractivity contribution in [1.82, 2.24) is 20.5 Å². The molecule has 2 rings (SSSR count). The van der Waals surface area contributed by atoms with Crippen LogP contribution in [0.1, 0.15) is 27.2 Å². The average molecular weight is 491 g/mol. The van der Waals surface area contributed by atoms with Gasteiger partial charge in [-0.15, -0.1) is 35.3 Å². The lowest BCUT2D eigenvalue weighted by molar-refractivity contribution is 0.297. The van der Waals surface area contributed by atoms with E-state index in [1.165, 1.54) is 10.9 Å². The molecule has 1 aromatic heterocycles. The van der Waals surface area contributed by atoms with Crippen LogP contribution in [0, 0.1) is 19.7 Å². The van der Waals surface area contributed by atoms with Crippen molar-refractivity contribution < 1.29 is 4.39 Å². The van der Waals surface area contributed by atoms with Gasteiger partial charge in [-0.1, -0.05) is 12.1 Å². The molecule has 1 aromatic carbocycles. The summed E-state index contributed by atoms with van der Waals surface area (Å²) in [6, 6.07) is 6.75. The average Bonchev–Trinajstić information content (AvgIpc) is 2.88. The number of nitrogens with zero attached hydrogens (tertiary/aromatic N) is 3. The Hall–Kier alpha value is -1.26. The molecule has 2 aromatic rings. The fourth-order valence-electron chi connectivity index (χ4n) is 2.50. The summed E-state index contributed by atoms with van der Waals surface area (Å²) in [7, 11) is 5.70. The summed E-state index contributed by atoms with van der Waals surface area (Å²) in [4.78, 5) is 12.1. The van der Waals surface area contributed by atoms with E-state index < -0.39 is 0 Å². The monoisotopic (exact) mass is 491 g/mol. The molecule has 5 nitrogen and oxygen atoms in total. The SMILES string of the molecule is CN=C(NCc1nc(C)c(C)s1)NCC(c1cccc(F)c1)N(C)C.I. The minimum Gasteiger partial charge on any atom is -0.354 e. The van der Waals surface area contributed by atoms with Gasteiger partial charge in [0, 0.05) is 18.5 Å². The predicted molar refractivity (Wildman–Crippen MR) is 118 cm³/mol. The van der Waals surface area contributed by atoms with Crippen LogP contribution in [0.25, 0.3) is 0 Å². The van der Waals surface area contributed by atoms with Crippen LogP contribution in [0.2, 0.25) is 0 Å². The summed E-state index contributed by atoms with van der Waals surface area (Å²) in [6.45, 7) is 5.34. The Labute approximate surface area is 176 Å². The van der Waals surface area contributed by atoms with Crippen LogP contribution in [0.3, 0.4) is 0 Å². The molecule has 1 heterocycles. The molecule has 0 aliphatic rings. The van der Waals surface area contributed by atoms with E-state index in [0.29, 0.717) is 19.0 Å². The van der Waals surface area contributed by atoms with Gasteiger partial charge in [-0.05, 0) is 45.6 Å². The number of rotatable bonds is 6. The number of aromatic nitrogens is 1. The zero-order valence-electron chi connectivity index (χ0n) is 15.8. The molecule has 0 aliphatic carbocycles. The summed E-state index contributed by atoms with van der Waals surface area (Å²) in [5.74, 6) is 0.482. The molecule has 0 bridgehead atoms. The van der Waals surface area contributed by atoms with E-state index in [9.17, 15) is 4.39 Å². The zero-order chi connectivity index (χ0) is 18.4. The van der Waals surface area contributed by atoms with E-state index in [1.54, 1.807) is 30.5 Å². The number of thiazole rings is 1. The van der Waals surface area contributed by atoms with Crippen molar-refractivity contribution in [2.75, 3.05) is 27.7 Å². The quantitative estimate of drug-likeness (QED) is 0.369. The predicted octanol–water partition coefficient (Wildman–Crippen LogP) is 3.48. The molecule has 0 saturated heterocycles. The van der Waals surface area contributed by atoms with E-state index >= 15 is 0 Å². The topological polar surface area (TPSA) is 52.6 Å². The Morgan fingerprint density at radius 2 is 2.04 bits per heavy atom. The van der Waals surface area contributed by atoms with Crippen LogP contribution < -0.4 is 10.6 Å². The molecule has 0 saturated carbocycles. The maximum absolute atomic E-state index is 13.5. The van der Waals surface area contributed by atoms with Crippen LogP contribution in [0.15, 0.2) is 29.3 Å². The van der Waals surface area contributed by atoms with Crippen LogP contribution in [0.4, 0.5) is 4.39 Å². The second kappa shape index (κ2) is 10.8. The van der Waals surface area contributed by atoms with E-state index in [4.69, 9.17) is 0 Å². The zero-order valence-corrected chi connectivity index (χ0v) is 19.0. The number of halogens is 2. The molecule has 0 aliphatic heterocycles. The Bertz CT molecular complexity index is 713. The summed E-state index contributed by atoms with van der Waals surface area (Å²) in [5, 5.41) is 7.62. The molecular weight excluding hydrogens is 464 g/mol. The smallest absolute Gasteiger partial charge is 0.191 e. The molecule has 0 amide bonds. The first-order valence-corrected chi connectivity index (χ1v) is 9.01. The number of aliphatic imine (C=N–C) groups is 1. The van der Waals surface area contributed by atoms with Gasteiger partial charge in [0.1, 0.15) is 10.8 Å². The van der Waals surface area contributed by atoms with Gasteiger partial charge in [0.15, 0.2) is 5.96 Å². The van der Waals surface area contributed by atoms with Gasteiger partial charge in [-0.25, -0.2) is 9.37 Å². The van der Waals surface area contributed by atoms with Gasteiger partial charge in [0.2, 0.25) is 0 Å². The highest BCUT2D eigenvalue weighted by atomic mass is 127. The van der Waals surface area contributed by atoms with Crippen molar-refractivity contribution in [3.05, 3.63) is 51.2 Å². The summed E-state index contributed by atoms with van der Waals surface area (Å²) in [5.41, 5.74) is 2.00. The third-order valence-corrected chi connectivity index (χ3v) is 5.10. The summed E-state index contributed by atoms with van der Waals surface area (Å²) >= 11 is 1.69. The fraction of sp³-hybridized carbons (Fsp3) is 0.444. The normalized spacial score (nSPS) is 12.7. The van der Waals surface area contributed by atoms with Gasteiger partial charge in [-0.3, -0.25) is 4.99 Å². The van der Waals surface area contributed by atoms with E-state index in [1.807, 2.05) is 27.1 Å². The van der Waals surface area contributed by atoms with E-state index in [0.717, 1.165) is 16.3 Å². The maximum atomic E-state index is 13.5. The first-order chi connectivity index (χ1) is 11.9. The molecule has 0 fully saturated rings. The second-order valence-corrected chi connectivity index (χ2v) is 7.38. The Morgan fingerprint density at radius 1 is 1.31 bits per heavy atom. The number of hydrogen-bond donors (Lipinski definition) is 2. The van der Waals surface area contributed by atoms with Crippen LogP contribution in [0.5, 0.6) is 0 Å². The largest absolute Gasteiger partial charge is 0.354 e. The van der Waals surface area contributed by atoms with Crippen molar-refractivity contribution >= 4 is 41.3 Å². The highest BCUT2D eigenvalue weighted by Gasteiger charge is 2.15. The lowest BCUT2D eigenvalue weighted by Gasteiger charge is -2.26.